The molecule has 0 bridgehead atoms. The fraction of sp³-hybridized carbons (Fsp3) is 0.333. The van der Waals surface area contributed by atoms with Crippen molar-refractivity contribution in [2.75, 3.05) is 13.1 Å². The molecule has 0 atom stereocenters. The third kappa shape index (κ3) is 2.57. The summed E-state index contributed by atoms with van der Waals surface area (Å²) in [5.41, 5.74) is 2.53. The molecule has 2 aromatic heterocycles. The van der Waals surface area contributed by atoms with Crippen LogP contribution < -0.4 is 5.69 Å². The standard InChI is InChI=1S/C18H19N3O2S/c1-12-10-13(11-24-12)17(22)20-8-6-14(7-9-20)21-16-5-3-2-4-15(16)19-18(21)23/h2-5,10-11,14H,6-9H2,1H3,(H,19,23). The Labute approximate surface area is 143 Å². The molecule has 124 valence electrons. The quantitative estimate of drug-likeness (QED) is 0.778. The molecule has 1 amide bonds. The molecule has 1 aromatic carbocycles. The lowest BCUT2D eigenvalue weighted by Crippen LogP contribution is -2.40. The first-order valence-electron chi connectivity index (χ1n) is 8.17. The number of benzene rings is 1. The maximum Gasteiger partial charge on any atom is 0.326 e. The van der Waals surface area contributed by atoms with Gasteiger partial charge in [0.1, 0.15) is 0 Å². The molecule has 0 saturated carbocycles. The Morgan fingerprint density at radius 1 is 1.25 bits per heavy atom. The smallest absolute Gasteiger partial charge is 0.326 e. The predicted molar refractivity (Wildman–Crippen MR) is 95.8 cm³/mol. The second-order valence-corrected chi connectivity index (χ2v) is 7.40. The number of hydrogen-bond donors (Lipinski definition) is 1. The second-order valence-electron chi connectivity index (χ2n) is 6.29. The highest BCUT2D eigenvalue weighted by Gasteiger charge is 2.26. The monoisotopic (exact) mass is 341 g/mol. The zero-order chi connectivity index (χ0) is 16.7. The molecule has 6 heteroatoms. The number of imidazole rings is 1. The van der Waals surface area contributed by atoms with Gasteiger partial charge in [0.25, 0.3) is 5.91 Å². The van der Waals surface area contributed by atoms with Crippen LogP contribution in [0.15, 0.2) is 40.5 Å². The number of nitrogens with one attached hydrogen (secondary N) is 1. The number of thiophene rings is 1. The Kier molecular flexibility index (Phi) is 3.76. The van der Waals surface area contributed by atoms with Crippen molar-refractivity contribution in [3.05, 3.63) is 56.6 Å². The van der Waals surface area contributed by atoms with Crippen LogP contribution in [0.5, 0.6) is 0 Å². The van der Waals surface area contributed by atoms with Crippen LogP contribution in [-0.2, 0) is 0 Å². The van der Waals surface area contributed by atoms with Crippen LogP contribution in [0.4, 0.5) is 0 Å². The highest BCUT2D eigenvalue weighted by atomic mass is 32.1. The predicted octanol–water partition coefficient (Wildman–Crippen LogP) is 3.18. The molecule has 1 N–H and O–H groups in total. The van der Waals surface area contributed by atoms with Gasteiger partial charge in [-0.05, 0) is 38.0 Å². The number of para-hydroxylation sites is 2. The van der Waals surface area contributed by atoms with Crippen molar-refractivity contribution in [3.63, 3.8) is 0 Å². The van der Waals surface area contributed by atoms with E-state index >= 15 is 0 Å². The van der Waals surface area contributed by atoms with Gasteiger partial charge in [0.05, 0.1) is 16.6 Å². The Morgan fingerprint density at radius 3 is 2.71 bits per heavy atom. The number of carbonyl (C=O) groups excluding carboxylic acids is 1. The van der Waals surface area contributed by atoms with E-state index in [1.807, 2.05) is 52.1 Å². The van der Waals surface area contributed by atoms with E-state index in [1.165, 1.54) is 0 Å². The zero-order valence-electron chi connectivity index (χ0n) is 13.5. The fourth-order valence-corrected chi connectivity index (χ4v) is 4.18. The molecule has 24 heavy (non-hydrogen) atoms. The number of aromatic amines is 1. The second kappa shape index (κ2) is 5.94. The molecule has 0 aliphatic carbocycles. The average molecular weight is 341 g/mol. The lowest BCUT2D eigenvalue weighted by Gasteiger charge is -2.32. The SMILES string of the molecule is Cc1cc(C(=O)N2CCC(n3c(=O)[nH]c4ccccc43)CC2)cs1. The molecule has 5 nitrogen and oxygen atoms in total. The van der Waals surface area contributed by atoms with Gasteiger partial charge in [0, 0.05) is 29.4 Å². The van der Waals surface area contributed by atoms with E-state index in [0.29, 0.717) is 13.1 Å². The Bertz CT molecular complexity index is 944. The van der Waals surface area contributed by atoms with Crippen molar-refractivity contribution in [1.29, 1.82) is 0 Å². The summed E-state index contributed by atoms with van der Waals surface area (Å²) in [4.78, 5) is 30.8. The summed E-state index contributed by atoms with van der Waals surface area (Å²) in [7, 11) is 0. The van der Waals surface area contributed by atoms with Gasteiger partial charge in [-0.25, -0.2) is 4.79 Å². The van der Waals surface area contributed by atoms with Crippen molar-refractivity contribution < 1.29 is 4.79 Å². The minimum absolute atomic E-state index is 0.0607. The lowest BCUT2D eigenvalue weighted by molar-refractivity contribution is 0.0695. The van der Waals surface area contributed by atoms with Crippen LogP contribution in [0.2, 0.25) is 0 Å². The van der Waals surface area contributed by atoms with E-state index in [-0.39, 0.29) is 17.6 Å². The lowest BCUT2D eigenvalue weighted by atomic mass is 10.0. The highest BCUT2D eigenvalue weighted by molar-refractivity contribution is 7.10. The van der Waals surface area contributed by atoms with Crippen molar-refractivity contribution in [3.8, 4) is 0 Å². The van der Waals surface area contributed by atoms with E-state index < -0.39 is 0 Å². The van der Waals surface area contributed by atoms with Crippen molar-refractivity contribution in [2.24, 2.45) is 0 Å². The van der Waals surface area contributed by atoms with E-state index in [2.05, 4.69) is 4.98 Å². The fourth-order valence-electron chi connectivity index (χ4n) is 3.50. The van der Waals surface area contributed by atoms with Crippen LogP contribution in [0.1, 0.15) is 34.1 Å². The third-order valence-corrected chi connectivity index (χ3v) is 5.58. The number of nitrogens with zero attached hydrogens (tertiary/aromatic N) is 2. The van der Waals surface area contributed by atoms with Crippen LogP contribution >= 0.6 is 11.3 Å². The third-order valence-electron chi connectivity index (χ3n) is 4.72. The van der Waals surface area contributed by atoms with Crippen LogP contribution in [0, 0.1) is 6.92 Å². The molecule has 4 rings (SSSR count). The maximum absolute atomic E-state index is 12.5. The van der Waals surface area contributed by atoms with E-state index in [4.69, 9.17) is 0 Å². The van der Waals surface area contributed by atoms with Gasteiger partial charge in [-0.3, -0.25) is 9.36 Å². The summed E-state index contributed by atoms with van der Waals surface area (Å²) in [5, 5.41) is 1.92. The normalized spacial score (nSPS) is 16.0. The first kappa shape index (κ1) is 15.2. The summed E-state index contributed by atoms with van der Waals surface area (Å²) in [6, 6.07) is 9.85. The molecule has 0 radical (unpaired) electrons. The van der Waals surface area contributed by atoms with Gasteiger partial charge >= 0.3 is 5.69 Å². The molecular formula is C18H19N3O2S. The number of piperidine rings is 1. The molecule has 1 saturated heterocycles. The molecule has 1 aliphatic heterocycles. The molecule has 3 aromatic rings. The summed E-state index contributed by atoms with van der Waals surface area (Å²) in [5.74, 6) is 0.101. The number of aryl methyl sites for hydroxylation is 1. The highest BCUT2D eigenvalue weighted by Crippen LogP contribution is 2.26. The van der Waals surface area contributed by atoms with Gasteiger partial charge in [0.2, 0.25) is 0 Å². The number of likely N-dealkylation sites (tertiary alicyclic amines) is 1. The summed E-state index contributed by atoms with van der Waals surface area (Å²) in [6.07, 6.45) is 1.60. The number of H-pyrrole nitrogens is 1. The van der Waals surface area contributed by atoms with Crippen molar-refractivity contribution in [2.45, 2.75) is 25.8 Å². The maximum atomic E-state index is 12.5. The van der Waals surface area contributed by atoms with Gasteiger partial charge in [-0.1, -0.05) is 12.1 Å². The van der Waals surface area contributed by atoms with Gasteiger partial charge in [0.15, 0.2) is 0 Å². The number of hydrogen-bond acceptors (Lipinski definition) is 3. The Hall–Kier alpha value is -2.34. The topological polar surface area (TPSA) is 58.1 Å². The van der Waals surface area contributed by atoms with Gasteiger partial charge in [-0.15, -0.1) is 11.3 Å². The molecular weight excluding hydrogens is 322 g/mol. The Morgan fingerprint density at radius 2 is 2.00 bits per heavy atom. The molecule has 0 unspecified atom stereocenters. The summed E-state index contributed by atoms with van der Waals surface area (Å²) >= 11 is 1.60. The first-order valence-corrected chi connectivity index (χ1v) is 9.05. The van der Waals surface area contributed by atoms with Crippen molar-refractivity contribution in [1.82, 2.24) is 14.5 Å². The average Bonchev–Trinajstić information content (AvgIpc) is 3.17. The van der Waals surface area contributed by atoms with Gasteiger partial charge in [-0.2, -0.15) is 0 Å². The van der Waals surface area contributed by atoms with Crippen LogP contribution in [0.25, 0.3) is 11.0 Å². The van der Waals surface area contributed by atoms with E-state index in [0.717, 1.165) is 34.3 Å². The molecule has 1 aliphatic rings. The van der Waals surface area contributed by atoms with Gasteiger partial charge < -0.3 is 9.88 Å². The largest absolute Gasteiger partial charge is 0.338 e. The number of carbonyl (C=O) groups is 1. The molecule has 1 fully saturated rings. The van der Waals surface area contributed by atoms with Crippen LogP contribution in [0.3, 0.4) is 0 Å². The zero-order valence-corrected chi connectivity index (χ0v) is 14.3. The summed E-state index contributed by atoms with van der Waals surface area (Å²) in [6.45, 7) is 3.38. The number of aromatic nitrogens is 2. The summed E-state index contributed by atoms with van der Waals surface area (Å²) < 4.78 is 1.85. The number of rotatable bonds is 2. The van der Waals surface area contributed by atoms with E-state index in [1.54, 1.807) is 11.3 Å². The minimum Gasteiger partial charge on any atom is -0.338 e. The Balaban J connectivity index is 1.52. The minimum atomic E-state index is -0.0607. The molecule has 3 heterocycles. The molecule has 0 spiro atoms. The van der Waals surface area contributed by atoms with Crippen LogP contribution in [-0.4, -0.2) is 33.4 Å². The van der Waals surface area contributed by atoms with Crippen molar-refractivity contribution >= 4 is 28.3 Å². The first-order chi connectivity index (χ1) is 11.6. The number of fused-ring (bicyclic) bond motifs is 1. The van der Waals surface area contributed by atoms with E-state index in [9.17, 15) is 9.59 Å². The number of amides is 1.